The van der Waals surface area contributed by atoms with Gasteiger partial charge in [-0.05, 0) is 25.3 Å². The van der Waals surface area contributed by atoms with Crippen molar-refractivity contribution in [2.45, 2.75) is 44.7 Å². The molecule has 8 heteroatoms. The Balaban J connectivity index is 1.55. The summed E-state index contributed by atoms with van der Waals surface area (Å²) in [5.74, 6) is 0.0360. The molecule has 24 heavy (non-hydrogen) atoms. The quantitative estimate of drug-likeness (QED) is 0.849. The van der Waals surface area contributed by atoms with Crippen molar-refractivity contribution in [2.24, 2.45) is 0 Å². The summed E-state index contributed by atoms with van der Waals surface area (Å²) in [4.78, 5) is 16.2. The van der Waals surface area contributed by atoms with Gasteiger partial charge >= 0.3 is 6.03 Å². The maximum absolute atomic E-state index is 13.8. The third kappa shape index (κ3) is 3.87. The number of urea groups is 1. The number of amides is 2. The van der Waals surface area contributed by atoms with E-state index in [9.17, 15) is 13.6 Å². The first-order valence-electron chi connectivity index (χ1n) is 7.88. The van der Waals surface area contributed by atoms with Gasteiger partial charge in [-0.15, -0.1) is 0 Å². The van der Waals surface area contributed by atoms with Gasteiger partial charge in [0.2, 0.25) is 5.89 Å². The van der Waals surface area contributed by atoms with E-state index in [-0.39, 0.29) is 12.1 Å². The van der Waals surface area contributed by atoms with E-state index in [1.807, 2.05) is 0 Å². The summed E-state index contributed by atoms with van der Waals surface area (Å²) in [6, 6.07) is 2.25. The SMILES string of the molecule is CC[C@@H](NC(=O)NCc1nc(C2CC2)no1)c1ccc(F)cc1F. The van der Waals surface area contributed by atoms with Crippen LogP contribution in [-0.4, -0.2) is 16.2 Å². The lowest BCUT2D eigenvalue weighted by atomic mass is 10.0. The number of nitrogens with one attached hydrogen (secondary N) is 2. The monoisotopic (exact) mass is 336 g/mol. The van der Waals surface area contributed by atoms with Gasteiger partial charge in [0.15, 0.2) is 5.82 Å². The number of hydrogen-bond donors (Lipinski definition) is 2. The van der Waals surface area contributed by atoms with Crippen LogP contribution < -0.4 is 10.6 Å². The first-order chi connectivity index (χ1) is 11.6. The Labute approximate surface area is 137 Å². The van der Waals surface area contributed by atoms with E-state index in [4.69, 9.17) is 4.52 Å². The van der Waals surface area contributed by atoms with Gasteiger partial charge in [0.1, 0.15) is 11.6 Å². The Morgan fingerprint density at radius 1 is 1.42 bits per heavy atom. The fourth-order valence-corrected chi connectivity index (χ4v) is 2.40. The number of halogens is 2. The normalized spacial score (nSPS) is 15.1. The fourth-order valence-electron chi connectivity index (χ4n) is 2.40. The summed E-state index contributed by atoms with van der Waals surface area (Å²) in [6.07, 6.45) is 2.59. The Kier molecular flexibility index (Phi) is 4.73. The highest BCUT2D eigenvalue weighted by atomic mass is 19.1. The van der Waals surface area contributed by atoms with Crippen LogP contribution in [0.25, 0.3) is 0 Å². The molecular weight excluding hydrogens is 318 g/mol. The molecule has 128 valence electrons. The zero-order valence-electron chi connectivity index (χ0n) is 13.2. The molecule has 2 amide bonds. The van der Waals surface area contributed by atoms with Gasteiger partial charge in [0.25, 0.3) is 0 Å². The van der Waals surface area contributed by atoms with E-state index in [0.29, 0.717) is 24.1 Å². The Morgan fingerprint density at radius 2 is 2.21 bits per heavy atom. The van der Waals surface area contributed by atoms with Crippen LogP contribution in [0.5, 0.6) is 0 Å². The largest absolute Gasteiger partial charge is 0.337 e. The Bertz CT molecular complexity index is 731. The smallest absolute Gasteiger partial charge is 0.315 e. The van der Waals surface area contributed by atoms with E-state index in [0.717, 1.165) is 18.9 Å². The predicted molar refractivity (Wildman–Crippen MR) is 81.0 cm³/mol. The van der Waals surface area contributed by atoms with Crippen molar-refractivity contribution < 1.29 is 18.1 Å². The molecule has 1 aromatic carbocycles. The van der Waals surface area contributed by atoms with Gasteiger partial charge in [-0.3, -0.25) is 0 Å². The van der Waals surface area contributed by atoms with Crippen molar-refractivity contribution in [1.29, 1.82) is 0 Å². The van der Waals surface area contributed by atoms with Gasteiger partial charge in [-0.2, -0.15) is 4.98 Å². The van der Waals surface area contributed by atoms with Crippen molar-refractivity contribution in [1.82, 2.24) is 20.8 Å². The summed E-state index contributed by atoms with van der Waals surface area (Å²) in [6.45, 7) is 1.89. The number of hydrogen-bond acceptors (Lipinski definition) is 4. The second kappa shape index (κ2) is 6.94. The summed E-state index contributed by atoms with van der Waals surface area (Å²) in [5, 5.41) is 9.11. The van der Waals surface area contributed by atoms with Crippen LogP contribution in [0.2, 0.25) is 0 Å². The average molecular weight is 336 g/mol. The van der Waals surface area contributed by atoms with Gasteiger partial charge in [0, 0.05) is 17.5 Å². The van der Waals surface area contributed by atoms with Crippen LogP contribution >= 0.6 is 0 Å². The molecule has 1 aliphatic carbocycles. The minimum absolute atomic E-state index is 0.0912. The number of aromatic nitrogens is 2. The van der Waals surface area contributed by atoms with E-state index in [2.05, 4.69) is 20.8 Å². The highest BCUT2D eigenvalue weighted by Crippen LogP contribution is 2.38. The predicted octanol–water partition coefficient (Wildman–Crippen LogP) is 3.18. The second-order valence-corrected chi connectivity index (χ2v) is 5.77. The molecule has 0 unspecified atom stereocenters. The molecule has 0 aliphatic heterocycles. The second-order valence-electron chi connectivity index (χ2n) is 5.77. The summed E-state index contributed by atoms with van der Waals surface area (Å²) < 4.78 is 31.9. The topological polar surface area (TPSA) is 80.0 Å². The van der Waals surface area contributed by atoms with E-state index < -0.39 is 23.7 Å². The lowest BCUT2D eigenvalue weighted by Crippen LogP contribution is -2.37. The highest BCUT2D eigenvalue weighted by Gasteiger charge is 2.28. The molecule has 1 fully saturated rings. The third-order valence-electron chi connectivity index (χ3n) is 3.88. The zero-order valence-corrected chi connectivity index (χ0v) is 13.2. The van der Waals surface area contributed by atoms with E-state index >= 15 is 0 Å². The fraction of sp³-hybridized carbons (Fsp3) is 0.438. The maximum atomic E-state index is 13.8. The maximum Gasteiger partial charge on any atom is 0.315 e. The van der Waals surface area contributed by atoms with Crippen LogP contribution in [0.1, 0.15) is 55.4 Å². The Hall–Kier alpha value is -2.51. The number of rotatable bonds is 6. The molecule has 1 aromatic heterocycles. The summed E-state index contributed by atoms with van der Waals surface area (Å²) >= 11 is 0. The van der Waals surface area contributed by atoms with Gasteiger partial charge in [-0.1, -0.05) is 18.1 Å². The number of benzene rings is 1. The van der Waals surface area contributed by atoms with Crippen molar-refractivity contribution in [2.75, 3.05) is 0 Å². The molecule has 0 bridgehead atoms. The molecule has 6 nitrogen and oxygen atoms in total. The van der Waals surface area contributed by atoms with Crippen LogP contribution in [0.15, 0.2) is 22.7 Å². The van der Waals surface area contributed by atoms with Crippen molar-refractivity contribution in [3.63, 3.8) is 0 Å². The lowest BCUT2D eigenvalue weighted by Gasteiger charge is -2.18. The van der Waals surface area contributed by atoms with Gasteiger partial charge < -0.3 is 15.2 Å². The van der Waals surface area contributed by atoms with Crippen molar-refractivity contribution in [3.05, 3.63) is 47.1 Å². The minimum atomic E-state index is -0.687. The molecule has 2 aromatic rings. The van der Waals surface area contributed by atoms with Gasteiger partial charge in [0.05, 0.1) is 12.6 Å². The average Bonchev–Trinajstić information content (AvgIpc) is 3.30. The van der Waals surface area contributed by atoms with Crippen molar-refractivity contribution >= 4 is 6.03 Å². The zero-order chi connectivity index (χ0) is 17.1. The molecule has 0 radical (unpaired) electrons. The summed E-state index contributed by atoms with van der Waals surface area (Å²) in [5.41, 5.74) is 0.239. The Morgan fingerprint density at radius 3 is 2.88 bits per heavy atom. The van der Waals surface area contributed by atoms with E-state index in [1.54, 1.807) is 6.92 Å². The molecule has 1 aliphatic rings. The van der Waals surface area contributed by atoms with Crippen LogP contribution in [0, 0.1) is 11.6 Å². The number of nitrogens with zero attached hydrogens (tertiary/aromatic N) is 2. The van der Waals surface area contributed by atoms with Gasteiger partial charge in [-0.25, -0.2) is 13.6 Å². The molecule has 1 heterocycles. The molecular formula is C16H18F2N4O2. The lowest BCUT2D eigenvalue weighted by molar-refractivity contribution is 0.234. The first kappa shape index (κ1) is 16.4. The third-order valence-corrected chi connectivity index (χ3v) is 3.88. The molecule has 1 atom stereocenters. The molecule has 0 saturated heterocycles. The van der Waals surface area contributed by atoms with E-state index in [1.165, 1.54) is 12.1 Å². The summed E-state index contributed by atoms with van der Waals surface area (Å²) in [7, 11) is 0. The minimum Gasteiger partial charge on any atom is -0.337 e. The van der Waals surface area contributed by atoms with Crippen LogP contribution in [0.3, 0.4) is 0 Å². The highest BCUT2D eigenvalue weighted by molar-refractivity contribution is 5.74. The molecule has 3 rings (SSSR count). The van der Waals surface area contributed by atoms with Crippen molar-refractivity contribution in [3.8, 4) is 0 Å². The number of carbonyl (C=O) groups is 1. The molecule has 1 saturated carbocycles. The standard InChI is InChI=1S/C16H18F2N4O2/c1-2-13(11-6-5-10(17)7-12(11)18)20-16(23)19-8-14-21-15(22-24-14)9-3-4-9/h5-7,9,13H,2-4,8H2,1H3,(H2,19,20,23)/t13-/m1/s1. The van der Waals surface area contributed by atoms with Crippen LogP contribution in [-0.2, 0) is 6.54 Å². The van der Waals surface area contributed by atoms with Crippen LogP contribution in [0.4, 0.5) is 13.6 Å². The molecule has 0 spiro atoms. The first-order valence-corrected chi connectivity index (χ1v) is 7.88. The molecule has 2 N–H and O–H groups in total. The number of carbonyl (C=O) groups excluding carboxylic acids is 1.